The standard InChI is InChI=1S/C21H23N5O3/c1-6-13(3)26-19(27)17-18(23(5)21(26)28)22-20-24(17)12-14(4)25(20)15-8-10-16(11-9-15)29-7-2/h6,8-13H,1,7H2,2-5H3. The highest BCUT2D eigenvalue weighted by atomic mass is 16.5. The van der Waals surface area contributed by atoms with E-state index < -0.39 is 11.7 Å². The van der Waals surface area contributed by atoms with Crippen LogP contribution >= 0.6 is 0 Å². The fraction of sp³-hybridized carbons (Fsp3) is 0.286. The van der Waals surface area contributed by atoms with E-state index >= 15 is 0 Å². The highest BCUT2D eigenvalue weighted by Crippen LogP contribution is 2.23. The monoisotopic (exact) mass is 393 g/mol. The summed E-state index contributed by atoms with van der Waals surface area (Å²) >= 11 is 0. The minimum Gasteiger partial charge on any atom is -0.494 e. The molecule has 0 spiro atoms. The Kier molecular flexibility index (Phi) is 4.41. The van der Waals surface area contributed by atoms with Gasteiger partial charge in [0.25, 0.3) is 5.56 Å². The Morgan fingerprint density at radius 3 is 2.55 bits per heavy atom. The lowest BCUT2D eigenvalue weighted by Crippen LogP contribution is -2.40. The van der Waals surface area contributed by atoms with Crippen molar-refractivity contribution >= 4 is 16.9 Å². The fourth-order valence-electron chi connectivity index (χ4n) is 3.62. The average Bonchev–Trinajstić information content (AvgIpc) is 3.22. The predicted molar refractivity (Wildman–Crippen MR) is 112 cm³/mol. The molecule has 29 heavy (non-hydrogen) atoms. The third-order valence-corrected chi connectivity index (χ3v) is 5.13. The van der Waals surface area contributed by atoms with E-state index in [2.05, 4.69) is 11.6 Å². The highest BCUT2D eigenvalue weighted by molar-refractivity contribution is 5.76. The normalized spacial score (nSPS) is 12.6. The first-order chi connectivity index (χ1) is 13.9. The number of fused-ring (bicyclic) bond motifs is 3. The van der Waals surface area contributed by atoms with Gasteiger partial charge in [0.05, 0.1) is 12.6 Å². The van der Waals surface area contributed by atoms with E-state index in [1.54, 1.807) is 24.4 Å². The SMILES string of the molecule is C=CC(C)n1c(=O)c2c(nc3n(-c4ccc(OCC)cc4)c(C)cn23)n(C)c1=O. The zero-order chi connectivity index (χ0) is 20.9. The van der Waals surface area contributed by atoms with Crippen molar-refractivity contribution in [1.29, 1.82) is 0 Å². The van der Waals surface area contributed by atoms with E-state index in [0.717, 1.165) is 17.1 Å². The van der Waals surface area contributed by atoms with Gasteiger partial charge in [-0.1, -0.05) is 6.08 Å². The number of hydrogen-bond donors (Lipinski definition) is 0. The summed E-state index contributed by atoms with van der Waals surface area (Å²) < 4.78 is 11.8. The maximum Gasteiger partial charge on any atom is 0.333 e. The van der Waals surface area contributed by atoms with E-state index in [1.807, 2.05) is 48.9 Å². The molecule has 3 heterocycles. The minimum atomic E-state index is -0.426. The predicted octanol–water partition coefficient (Wildman–Crippen LogP) is 2.59. The molecule has 0 radical (unpaired) electrons. The third kappa shape index (κ3) is 2.71. The molecule has 4 rings (SSSR count). The van der Waals surface area contributed by atoms with Crippen molar-refractivity contribution in [2.24, 2.45) is 7.05 Å². The quantitative estimate of drug-likeness (QED) is 0.489. The number of aromatic nitrogens is 5. The summed E-state index contributed by atoms with van der Waals surface area (Å²) in [5.41, 5.74) is 1.72. The Labute approximate surface area is 166 Å². The third-order valence-electron chi connectivity index (χ3n) is 5.13. The number of aryl methyl sites for hydroxylation is 2. The average molecular weight is 393 g/mol. The molecule has 0 bridgehead atoms. The lowest BCUT2D eigenvalue weighted by atomic mass is 10.3. The molecule has 150 valence electrons. The summed E-state index contributed by atoms with van der Waals surface area (Å²) in [5.74, 6) is 1.35. The van der Waals surface area contributed by atoms with Crippen molar-refractivity contribution in [3.63, 3.8) is 0 Å². The number of benzene rings is 1. The minimum absolute atomic E-state index is 0.349. The Morgan fingerprint density at radius 1 is 1.24 bits per heavy atom. The maximum absolute atomic E-state index is 13.2. The lowest BCUT2D eigenvalue weighted by Gasteiger charge is -2.11. The molecule has 0 aliphatic carbocycles. The van der Waals surface area contributed by atoms with Gasteiger partial charge < -0.3 is 4.74 Å². The second-order valence-corrected chi connectivity index (χ2v) is 6.98. The van der Waals surface area contributed by atoms with Crippen molar-refractivity contribution in [3.8, 4) is 11.4 Å². The molecular formula is C21H23N5O3. The van der Waals surface area contributed by atoms with E-state index in [1.165, 1.54) is 9.13 Å². The number of allylic oxidation sites excluding steroid dienone is 1. The number of imidazole rings is 2. The van der Waals surface area contributed by atoms with Crippen LogP contribution in [0.3, 0.4) is 0 Å². The Bertz CT molecular complexity index is 1350. The van der Waals surface area contributed by atoms with Gasteiger partial charge in [-0.15, -0.1) is 6.58 Å². The van der Waals surface area contributed by atoms with Crippen molar-refractivity contribution in [1.82, 2.24) is 23.1 Å². The van der Waals surface area contributed by atoms with Gasteiger partial charge in [-0.05, 0) is 45.0 Å². The maximum atomic E-state index is 13.2. The van der Waals surface area contributed by atoms with Crippen molar-refractivity contribution < 1.29 is 4.74 Å². The largest absolute Gasteiger partial charge is 0.494 e. The summed E-state index contributed by atoms with van der Waals surface area (Å²) in [6, 6.07) is 7.24. The summed E-state index contributed by atoms with van der Waals surface area (Å²) in [6.07, 6.45) is 3.43. The van der Waals surface area contributed by atoms with Gasteiger partial charge in [0, 0.05) is 24.6 Å². The molecule has 0 saturated carbocycles. The number of ether oxygens (including phenoxy) is 1. The Balaban J connectivity index is 2.04. The zero-order valence-electron chi connectivity index (χ0n) is 16.9. The fourth-order valence-corrected chi connectivity index (χ4v) is 3.62. The first-order valence-corrected chi connectivity index (χ1v) is 9.46. The van der Waals surface area contributed by atoms with Crippen molar-refractivity contribution in [3.05, 3.63) is 69.6 Å². The van der Waals surface area contributed by atoms with Crippen LogP contribution < -0.4 is 16.0 Å². The van der Waals surface area contributed by atoms with Crippen LogP contribution in [-0.2, 0) is 7.05 Å². The summed E-state index contributed by atoms with van der Waals surface area (Å²) in [7, 11) is 1.62. The van der Waals surface area contributed by atoms with Crippen molar-refractivity contribution in [2.75, 3.05) is 6.61 Å². The first-order valence-electron chi connectivity index (χ1n) is 9.46. The van der Waals surface area contributed by atoms with Crippen LogP contribution in [0.4, 0.5) is 0 Å². The second kappa shape index (κ2) is 6.80. The van der Waals surface area contributed by atoms with Crippen LogP contribution in [-0.4, -0.2) is 29.7 Å². The summed E-state index contributed by atoms with van der Waals surface area (Å²) in [5, 5.41) is 0. The van der Waals surface area contributed by atoms with Gasteiger partial charge in [0.15, 0.2) is 11.2 Å². The van der Waals surface area contributed by atoms with Crippen LogP contribution in [0.5, 0.6) is 5.75 Å². The Morgan fingerprint density at radius 2 is 1.93 bits per heavy atom. The summed E-state index contributed by atoms with van der Waals surface area (Å²) in [6.45, 7) is 9.96. The van der Waals surface area contributed by atoms with Crippen LogP contribution in [0.1, 0.15) is 25.6 Å². The molecule has 0 N–H and O–H groups in total. The van der Waals surface area contributed by atoms with Crippen LogP contribution in [0.25, 0.3) is 22.6 Å². The van der Waals surface area contributed by atoms with Gasteiger partial charge in [-0.25, -0.2) is 4.79 Å². The van der Waals surface area contributed by atoms with Crippen LogP contribution in [0.15, 0.2) is 52.7 Å². The molecule has 4 aromatic rings. The van der Waals surface area contributed by atoms with E-state index in [9.17, 15) is 9.59 Å². The second-order valence-electron chi connectivity index (χ2n) is 6.98. The van der Waals surface area contributed by atoms with Gasteiger partial charge in [0.2, 0.25) is 5.78 Å². The Hall–Kier alpha value is -3.55. The molecular weight excluding hydrogens is 370 g/mol. The smallest absolute Gasteiger partial charge is 0.333 e. The van der Waals surface area contributed by atoms with Crippen LogP contribution in [0.2, 0.25) is 0 Å². The number of rotatable bonds is 5. The van der Waals surface area contributed by atoms with E-state index in [0.29, 0.717) is 23.5 Å². The van der Waals surface area contributed by atoms with E-state index in [-0.39, 0.29) is 5.56 Å². The topological polar surface area (TPSA) is 75.5 Å². The molecule has 1 aromatic carbocycles. The molecule has 8 heteroatoms. The van der Waals surface area contributed by atoms with Gasteiger partial charge >= 0.3 is 5.69 Å². The van der Waals surface area contributed by atoms with E-state index in [4.69, 9.17) is 4.74 Å². The molecule has 0 aliphatic heterocycles. The van der Waals surface area contributed by atoms with Gasteiger partial charge in [-0.3, -0.25) is 22.9 Å². The molecule has 3 aromatic heterocycles. The van der Waals surface area contributed by atoms with Crippen LogP contribution in [0, 0.1) is 6.92 Å². The lowest BCUT2D eigenvalue weighted by molar-refractivity contribution is 0.340. The number of hydrogen-bond acceptors (Lipinski definition) is 4. The molecule has 0 amide bonds. The molecule has 8 nitrogen and oxygen atoms in total. The zero-order valence-corrected chi connectivity index (χ0v) is 16.9. The molecule has 1 unspecified atom stereocenters. The first kappa shape index (κ1) is 18.8. The molecule has 1 atom stereocenters. The van der Waals surface area contributed by atoms with Gasteiger partial charge in [-0.2, -0.15) is 4.98 Å². The number of nitrogens with zero attached hydrogens (tertiary/aromatic N) is 5. The molecule has 0 fully saturated rings. The summed E-state index contributed by atoms with van der Waals surface area (Å²) in [4.78, 5) is 30.5. The highest BCUT2D eigenvalue weighted by Gasteiger charge is 2.22. The van der Waals surface area contributed by atoms with Crippen molar-refractivity contribution in [2.45, 2.75) is 26.8 Å². The van der Waals surface area contributed by atoms with Gasteiger partial charge in [0.1, 0.15) is 5.75 Å². The molecule has 0 saturated heterocycles. The molecule has 0 aliphatic rings.